The van der Waals surface area contributed by atoms with Crippen molar-refractivity contribution in [2.75, 3.05) is 13.7 Å². The van der Waals surface area contributed by atoms with Gasteiger partial charge in [0.2, 0.25) is 5.89 Å². The van der Waals surface area contributed by atoms with Gasteiger partial charge in [-0.3, -0.25) is 9.78 Å². The quantitative estimate of drug-likeness (QED) is 0.443. The fourth-order valence-electron chi connectivity index (χ4n) is 3.20. The van der Waals surface area contributed by atoms with E-state index in [-0.39, 0.29) is 23.9 Å². The number of benzene rings is 1. The Morgan fingerprint density at radius 1 is 1.27 bits per heavy atom. The van der Waals surface area contributed by atoms with Gasteiger partial charge in [0, 0.05) is 30.1 Å². The van der Waals surface area contributed by atoms with Crippen molar-refractivity contribution in [3.05, 3.63) is 57.7 Å². The highest BCUT2D eigenvalue weighted by atomic mass is 35.5. The molecule has 174 valence electrons. The minimum absolute atomic E-state index is 0.0950. The van der Waals surface area contributed by atoms with Crippen molar-refractivity contribution < 1.29 is 18.7 Å². The molecular weight excluding hydrogens is 467 g/mol. The minimum atomic E-state index is -0.552. The standard InChI is InChI=1S/C23H24Cl2N4O4/c1-12(26)21-20(22(30)28-8-15-16(24)9-27-10-17(15)25)29-23(33-21)14-5-6-18(31-2)19(7-14)32-11-13-3-4-13/h5-7,9-10,12-13H,3-4,8,11,26H2,1-2H3,(H,28,30). The number of ether oxygens (including phenoxy) is 2. The van der Waals surface area contributed by atoms with Gasteiger partial charge in [0.15, 0.2) is 23.0 Å². The Morgan fingerprint density at radius 3 is 2.64 bits per heavy atom. The number of carbonyl (C=O) groups excluding carboxylic acids is 1. The number of hydrogen-bond acceptors (Lipinski definition) is 7. The van der Waals surface area contributed by atoms with Crippen molar-refractivity contribution in [2.24, 2.45) is 11.7 Å². The van der Waals surface area contributed by atoms with E-state index in [2.05, 4.69) is 15.3 Å². The summed E-state index contributed by atoms with van der Waals surface area (Å²) in [6, 6.07) is 4.80. The number of carbonyl (C=O) groups is 1. The van der Waals surface area contributed by atoms with Crippen LogP contribution in [0.15, 0.2) is 35.0 Å². The number of nitrogens with one attached hydrogen (secondary N) is 1. The molecule has 8 nitrogen and oxygen atoms in total. The number of nitrogens with zero attached hydrogens (tertiary/aromatic N) is 2. The van der Waals surface area contributed by atoms with E-state index in [9.17, 15) is 4.79 Å². The van der Waals surface area contributed by atoms with Crippen LogP contribution in [0.4, 0.5) is 0 Å². The summed E-state index contributed by atoms with van der Waals surface area (Å²) in [4.78, 5) is 21.3. The molecule has 1 aliphatic rings. The van der Waals surface area contributed by atoms with E-state index < -0.39 is 11.9 Å². The Balaban J connectivity index is 1.58. The van der Waals surface area contributed by atoms with Gasteiger partial charge in [-0.2, -0.15) is 0 Å². The van der Waals surface area contributed by atoms with E-state index in [1.807, 2.05) is 0 Å². The van der Waals surface area contributed by atoms with Crippen LogP contribution in [0.2, 0.25) is 10.0 Å². The fourth-order valence-corrected chi connectivity index (χ4v) is 3.70. The molecule has 1 fully saturated rings. The summed E-state index contributed by atoms with van der Waals surface area (Å²) in [6.45, 7) is 2.45. The van der Waals surface area contributed by atoms with E-state index in [1.54, 1.807) is 32.2 Å². The Hall–Kier alpha value is -2.81. The van der Waals surface area contributed by atoms with E-state index in [4.69, 9.17) is 42.8 Å². The maximum Gasteiger partial charge on any atom is 0.273 e. The highest BCUT2D eigenvalue weighted by molar-refractivity contribution is 6.35. The lowest BCUT2D eigenvalue weighted by molar-refractivity contribution is 0.0944. The van der Waals surface area contributed by atoms with Gasteiger partial charge in [-0.15, -0.1) is 0 Å². The van der Waals surface area contributed by atoms with Crippen molar-refractivity contribution in [3.8, 4) is 23.0 Å². The summed E-state index contributed by atoms with van der Waals surface area (Å²) in [5.74, 6) is 1.86. The SMILES string of the molecule is COc1ccc(-c2nc(C(=O)NCc3c(Cl)cncc3Cl)c(C(C)N)o2)cc1OCC1CC1. The third-order valence-electron chi connectivity index (χ3n) is 5.24. The highest BCUT2D eigenvalue weighted by Gasteiger charge is 2.25. The summed E-state index contributed by atoms with van der Waals surface area (Å²) in [6.07, 6.45) is 5.27. The Bertz CT molecular complexity index is 1140. The molecule has 0 bridgehead atoms. The van der Waals surface area contributed by atoms with Crippen LogP contribution in [0.1, 0.15) is 47.6 Å². The third kappa shape index (κ3) is 5.40. The molecule has 0 aliphatic heterocycles. The molecule has 3 aromatic rings. The Labute approximate surface area is 201 Å². The van der Waals surface area contributed by atoms with Gasteiger partial charge in [-0.25, -0.2) is 4.98 Å². The van der Waals surface area contributed by atoms with Crippen LogP contribution in [-0.2, 0) is 6.54 Å². The number of amides is 1. The van der Waals surface area contributed by atoms with Gasteiger partial charge >= 0.3 is 0 Å². The molecule has 2 heterocycles. The zero-order chi connectivity index (χ0) is 23.5. The molecule has 0 spiro atoms. The van der Waals surface area contributed by atoms with Crippen molar-refractivity contribution in [1.82, 2.24) is 15.3 Å². The number of hydrogen-bond donors (Lipinski definition) is 2. The monoisotopic (exact) mass is 490 g/mol. The number of nitrogens with two attached hydrogens (primary N) is 1. The second-order valence-electron chi connectivity index (χ2n) is 7.90. The molecule has 4 rings (SSSR count). The summed E-state index contributed by atoms with van der Waals surface area (Å²) >= 11 is 12.3. The van der Waals surface area contributed by atoms with Gasteiger partial charge < -0.3 is 24.9 Å². The summed E-state index contributed by atoms with van der Waals surface area (Å²) < 4.78 is 17.2. The maximum absolute atomic E-state index is 12.9. The van der Waals surface area contributed by atoms with E-state index in [1.165, 1.54) is 25.2 Å². The number of aromatic nitrogens is 2. The molecule has 10 heteroatoms. The fraction of sp³-hybridized carbons (Fsp3) is 0.348. The number of rotatable bonds is 9. The Kier molecular flexibility index (Phi) is 7.07. The molecule has 33 heavy (non-hydrogen) atoms. The predicted molar refractivity (Wildman–Crippen MR) is 125 cm³/mol. The first-order valence-electron chi connectivity index (χ1n) is 10.5. The second-order valence-corrected chi connectivity index (χ2v) is 8.72. The first-order chi connectivity index (χ1) is 15.9. The van der Waals surface area contributed by atoms with Crippen LogP contribution >= 0.6 is 23.2 Å². The van der Waals surface area contributed by atoms with Crippen LogP contribution in [0.25, 0.3) is 11.5 Å². The Morgan fingerprint density at radius 2 is 2.00 bits per heavy atom. The first kappa shape index (κ1) is 23.4. The average molecular weight is 491 g/mol. The highest BCUT2D eigenvalue weighted by Crippen LogP contribution is 2.36. The smallest absolute Gasteiger partial charge is 0.273 e. The zero-order valence-corrected chi connectivity index (χ0v) is 19.7. The number of oxazole rings is 1. The second kappa shape index (κ2) is 9.99. The van der Waals surface area contributed by atoms with Crippen LogP contribution in [0, 0.1) is 5.92 Å². The summed E-state index contributed by atoms with van der Waals surface area (Å²) in [5.41, 5.74) is 7.35. The van der Waals surface area contributed by atoms with Gasteiger partial charge in [0.25, 0.3) is 5.91 Å². The van der Waals surface area contributed by atoms with Gasteiger partial charge in [-0.05, 0) is 43.9 Å². The zero-order valence-electron chi connectivity index (χ0n) is 18.2. The molecule has 1 atom stereocenters. The third-order valence-corrected chi connectivity index (χ3v) is 5.89. The van der Waals surface area contributed by atoms with E-state index in [0.717, 1.165) is 0 Å². The molecule has 1 amide bonds. The van der Waals surface area contributed by atoms with Crippen LogP contribution in [-0.4, -0.2) is 29.6 Å². The summed E-state index contributed by atoms with van der Waals surface area (Å²) in [7, 11) is 1.59. The van der Waals surface area contributed by atoms with Crippen LogP contribution < -0.4 is 20.5 Å². The molecule has 0 saturated heterocycles. The number of methoxy groups -OCH3 is 1. The molecule has 1 unspecified atom stereocenters. The molecular formula is C23H24Cl2N4O4. The first-order valence-corrected chi connectivity index (χ1v) is 11.3. The largest absolute Gasteiger partial charge is 0.493 e. The van der Waals surface area contributed by atoms with Crippen molar-refractivity contribution in [2.45, 2.75) is 32.4 Å². The number of pyridine rings is 1. The van der Waals surface area contributed by atoms with Gasteiger partial charge in [-0.1, -0.05) is 23.2 Å². The lowest BCUT2D eigenvalue weighted by atomic mass is 10.2. The summed E-state index contributed by atoms with van der Waals surface area (Å²) in [5, 5.41) is 3.48. The lowest BCUT2D eigenvalue weighted by Crippen LogP contribution is -2.25. The van der Waals surface area contributed by atoms with Crippen LogP contribution in [0.5, 0.6) is 11.5 Å². The molecule has 1 saturated carbocycles. The van der Waals surface area contributed by atoms with Crippen molar-refractivity contribution >= 4 is 29.1 Å². The topological polar surface area (TPSA) is 112 Å². The van der Waals surface area contributed by atoms with E-state index >= 15 is 0 Å². The maximum atomic E-state index is 12.9. The number of halogens is 2. The van der Waals surface area contributed by atoms with Gasteiger partial charge in [0.05, 0.1) is 29.8 Å². The lowest BCUT2D eigenvalue weighted by Gasteiger charge is -2.11. The molecule has 0 radical (unpaired) electrons. The van der Waals surface area contributed by atoms with E-state index in [0.29, 0.717) is 45.2 Å². The average Bonchev–Trinajstić information content (AvgIpc) is 3.51. The molecule has 2 aromatic heterocycles. The molecule has 1 aliphatic carbocycles. The molecule has 1 aromatic carbocycles. The minimum Gasteiger partial charge on any atom is -0.493 e. The van der Waals surface area contributed by atoms with Crippen molar-refractivity contribution in [1.29, 1.82) is 0 Å². The van der Waals surface area contributed by atoms with Crippen LogP contribution in [0.3, 0.4) is 0 Å². The van der Waals surface area contributed by atoms with Gasteiger partial charge in [0.1, 0.15) is 0 Å². The normalized spacial score (nSPS) is 14.1. The van der Waals surface area contributed by atoms with Crippen molar-refractivity contribution in [3.63, 3.8) is 0 Å². The molecule has 3 N–H and O–H groups in total. The predicted octanol–water partition coefficient (Wildman–Crippen LogP) is 4.79.